The summed E-state index contributed by atoms with van der Waals surface area (Å²) in [4.78, 5) is 34.7. The predicted molar refractivity (Wildman–Crippen MR) is 107 cm³/mol. The molecule has 0 radical (unpaired) electrons. The van der Waals surface area contributed by atoms with Crippen LogP contribution in [-0.2, 0) is 4.74 Å². The lowest BCUT2D eigenvalue weighted by Crippen LogP contribution is -2.18. The average Bonchev–Trinajstić information content (AvgIpc) is 2.73. The Hall–Kier alpha value is -3.74. The summed E-state index contributed by atoms with van der Waals surface area (Å²) in [5, 5.41) is 2.78. The molecule has 3 rings (SSSR count). The molecule has 0 unspecified atom stereocenters. The summed E-state index contributed by atoms with van der Waals surface area (Å²) in [5.74, 6) is 0.313. The lowest BCUT2D eigenvalue weighted by Gasteiger charge is -2.19. The SMILES string of the molecule is COC(=O)c1ccc(NC(=O)c2cc(N(C)c3ccccc3)nc(C)n2)cc1. The monoisotopic (exact) mass is 376 g/mol. The number of nitrogens with one attached hydrogen (secondary N) is 1. The number of aromatic nitrogens is 2. The van der Waals surface area contributed by atoms with Crippen molar-refractivity contribution in [1.82, 2.24) is 9.97 Å². The number of ether oxygens (including phenoxy) is 1. The van der Waals surface area contributed by atoms with Crippen LogP contribution in [0.15, 0.2) is 60.7 Å². The molecule has 7 heteroatoms. The maximum Gasteiger partial charge on any atom is 0.337 e. The topological polar surface area (TPSA) is 84.4 Å². The van der Waals surface area contributed by atoms with Crippen LogP contribution in [0.3, 0.4) is 0 Å². The molecule has 142 valence electrons. The van der Waals surface area contributed by atoms with Crippen LogP contribution in [0.4, 0.5) is 17.2 Å². The zero-order valence-corrected chi connectivity index (χ0v) is 15.8. The molecule has 0 saturated carbocycles. The van der Waals surface area contributed by atoms with E-state index in [1.54, 1.807) is 37.3 Å². The van der Waals surface area contributed by atoms with Gasteiger partial charge < -0.3 is 15.0 Å². The first-order valence-corrected chi connectivity index (χ1v) is 8.62. The van der Waals surface area contributed by atoms with Gasteiger partial charge in [-0.1, -0.05) is 18.2 Å². The van der Waals surface area contributed by atoms with Crippen LogP contribution in [0, 0.1) is 6.92 Å². The molecule has 0 bridgehead atoms. The molecule has 0 fully saturated rings. The summed E-state index contributed by atoms with van der Waals surface area (Å²) in [6.07, 6.45) is 0. The molecule has 7 nitrogen and oxygen atoms in total. The van der Waals surface area contributed by atoms with Gasteiger partial charge in [0.15, 0.2) is 0 Å². The van der Waals surface area contributed by atoms with Gasteiger partial charge in [-0.15, -0.1) is 0 Å². The lowest BCUT2D eigenvalue weighted by molar-refractivity contribution is 0.0600. The number of aryl methyl sites for hydroxylation is 1. The van der Waals surface area contributed by atoms with Gasteiger partial charge >= 0.3 is 5.97 Å². The van der Waals surface area contributed by atoms with E-state index in [0.717, 1.165) is 5.69 Å². The van der Waals surface area contributed by atoms with Gasteiger partial charge in [0.05, 0.1) is 12.7 Å². The number of methoxy groups -OCH3 is 1. The van der Waals surface area contributed by atoms with Gasteiger partial charge in [-0.25, -0.2) is 14.8 Å². The Balaban J connectivity index is 1.80. The van der Waals surface area contributed by atoms with Crippen LogP contribution in [0.25, 0.3) is 0 Å². The lowest BCUT2D eigenvalue weighted by atomic mass is 10.2. The third-order valence-electron chi connectivity index (χ3n) is 4.11. The molecular formula is C21H20N4O3. The number of hydrogen-bond donors (Lipinski definition) is 1. The van der Waals surface area contributed by atoms with Crippen LogP contribution in [-0.4, -0.2) is 36.0 Å². The first kappa shape index (κ1) is 19.0. The number of nitrogens with zero attached hydrogens (tertiary/aromatic N) is 3. The molecule has 28 heavy (non-hydrogen) atoms. The predicted octanol–water partition coefficient (Wildman–Crippen LogP) is 3.59. The summed E-state index contributed by atoms with van der Waals surface area (Å²) in [5.41, 5.74) is 2.16. The minimum atomic E-state index is -0.433. The Morgan fingerprint density at radius 1 is 1.00 bits per heavy atom. The number of carbonyl (C=O) groups is 2. The Kier molecular flexibility index (Phi) is 5.64. The number of para-hydroxylation sites is 1. The maximum atomic E-state index is 12.6. The van der Waals surface area contributed by atoms with Crippen LogP contribution in [0.2, 0.25) is 0 Å². The first-order valence-electron chi connectivity index (χ1n) is 8.62. The number of hydrogen-bond acceptors (Lipinski definition) is 6. The van der Waals surface area contributed by atoms with Gasteiger partial charge in [-0.05, 0) is 43.3 Å². The van der Waals surface area contributed by atoms with Gasteiger partial charge in [0, 0.05) is 24.5 Å². The van der Waals surface area contributed by atoms with Gasteiger partial charge in [0.25, 0.3) is 5.91 Å². The Bertz CT molecular complexity index is 988. The summed E-state index contributed by atoms with van der Waals surface area (Å²) >= 11 is 0. The van der Waals surface area contributed by atoms with Gasteiger partial charge in [0.2, 0.25) is 0 Å². The molecule has 3 aromatic rings. The van der Waals surface area contributed by atoms with Crippen molar-refractivity contribution in [1.29, 1.82) is 0 Å². The van der Waals surface area contributed by atoms with Crippen LogP contribution < -0.4 is 10.2 Å². The molecular weight excluding hydrogens is 356 g/mol. The smallest absolute Gasteiger partial charge is 0.337 e. The Labute approximate surface area is 163 Å². The molecule has 2 aromatic carbocycles. The normalized spacial score (nSPS) is 10.2. The fourth-order valence-corrected chi connectivity index (χ4v) is 2.63. The van der Waals surface area contributed by atoms with Crippen molar-refractivity contribution in [2.45, 2.75) is 6.92 Å². The van der Waals surface area contributed by atoms with E-state index in [9.17, 15) is 9.59 Å². The van der Waals surface area contributed by atoms with Crippen molar-refractivity contribution in [3.63, 3.8) is 0 Å². The van der Waals surface area contributed by atoms with Crippen molar-refractivity contribution >= 4 is 29.1 Å². The third-order valence-corrected chi connectivity index (χ3v) is 4.11. The molecule has 1 N–H and O–H groups in total. The van der Waals surface area contributed by atoms with Crippen molar-refractivity contribution in [2.24, 2.45) is 0 Å². The molecule has 0 saturated heterocycles. The highest BCUT2D eigenvalue weighted by Gasteiger charge is 2.14. The molecule has 0 aliphatic rings. The second-order valence-electron chi connectivity index (χ2n) is 6.08. The third kappa shape index (κ3) is 4.32. The van der Waals surface area contributed by atoms with E-state index in [2.05, 4.69) is 20.0 Å². The summed E-state index contributed by atoms with van der Waals surface area (Å²) in [6.45, 7) is 1.74. The second-order valence-corrected chi connectivity index (χ2v) is 6.08. The van der Waals surface area contributed by atoms with Crippen molar-refractivity contribution < 1.29 is 14.3 Å². The van der Waals surface area contributed by atoms with E-state index < -0.39 is 5.97 Å². The van der Waals surface area contributed by atoms with Gasteiger partial charge in [-0.3, -0.25) is 4.79 Å². The number of carbonyl (C=O) groups excluding carboxylic acids is 2. The molecule has 1 aromatic heterocycles. The van der Waals surface area contributed by atoms with E-state index in [4.69, 9.17) is 0 Å². The quantitative estimate of drug-likeness (QED) is 0.685. The number of benzene rings is 2. The van der Waals surface area contributed by atoms with E-state index >= 15 is 0 Å². The summed E-state index contributed by atoms with van der Waals surface area (Å²) in [6, 6.07) is 17.8. The van der Waals surface area contributed by atoms with Crippen LogP contribution in [0.1, 0.15) is 26.7 Å². The highest BCUT2D eigenvalue weighted by Crippen LogP contribution is 2.22. The summed E-state index contributed by atoms with van der Waals surface area (Å²) < 4.78 is 4.66. The van der Waals surface area contributed by atoms with E-state index in [1.165, 1.54) is 7.11 Å². The van der Waals surface area contributed by atoms with Crippen molar-refractivity contribution in [3.8, 4) is 0 Å². The number of anilines is 3. The largest absolute Gasteiger partial charge is 0.465 e. The Morgan fingerprint density at radius 3 is 2.32 bits per heavy atom. The molecule has 0 spiro atoms. The Morgan fingerprint density at radius 2 is 1.68 bits per heavy atom. The van der Waals surface area contributed by atoms with Crippen LogP contribution in [0.5, 0.6) is 0 Å². The van der Waals surface area contributed by atoms with Gasteiger partial charge in [-0.2, -0.15) is 0 Å². The second kappa shape index (κ2) is 8.30. The molecule has 0 aliphatic heterocycles. The zero-order chi connectivity index (χ0) is 20.1. The van der Waals surface area contributed by atoms with E-state index in [-0.39, 0.29) is 11.6 Å². The molecule has 1 amide bonds. The molecule has 1 heterocycles. The highest BCUT2D eigenvalue weighted by molar-refractivity contribution is 6.03. The standard InChI is InChI=1S/C21H20N4O3/c1-14-22-18(13-19(23-14)25(2)17-7-5-4-6-8-17)20(26)24-16-11-9-15(10-12-16)21(27)28-3/h4-13H,1-3H3,(H,24,26). The minimum Gasteiger partial charge on any atom is -0.465 e. The van der Waals surface area contributed by atoms with E-state index in [1.807, 2.05) is 42.3 Å². The average molecular weight is 376 g/mol. The molecule has 0 aliphatic carbocycles. The fourth-order valence-electron chi connectivity index (χ4n) is 2.63. The van der Waals surface area contributed by atoms with E-state index in [0.29, 0.717) is 22.9 Å². The first-order chi connectivity index (χ1) is 13.5. The maximum absolute atomic E-state index is 12.6. The van der Waals surface area contributed by atoms with Crippen molar-refractivity contribution in [3.05, 3.63) is 77.7 Å². The zero-order valence-electron chi connectivity index (χ0n) is 15.8. The fraction of sp³-hybridized carbons (Fsp3) is 0.143. The number of rotatable bonds is 5. The van der Waals surface area contributed by atoms with Crippen LogP contribution >= 0.6 is 0 Å². The summed E-state index contributed by atoms with van der Waals surface area (Å²) in [7, 11) is 3.20. The van der Waals surface area contributed by atoms with Gasteiger partial charge in [0.1, 0.15) is 17.3 Å². The minimum absolute atomic E-state index is 0.252. The van der Waals surface area contributed by atoms with Crippen molar-refractivity contribution in [2.75, 3.05) is 24.4 Å². The number of amides is 1. The highest BCUT2D eigenvalue weighted by atomic mass is 16.5. The molecule has 0 atom stereocenters. The number of esters is 1.